The molecule has 2 nitrogen and oxygen atoms in total. The summed E-state index contributed by atoms with van der Waals surface area (Å²) in [5, 5.41) is 3.55. The first-order valence-electron chi connectivity index (χ1n) is 4.81. The lowest BCUT2D eigenvalue weighted by Crippen LogP contribution is -2.37. The fourth-order valence-corrected chi connectivity index (χ4v) is 1.82. The minimum atomic E-state index is 0.613. The number of nitrogens with one attached hydrogen (secondary N) is 1. The maximum atomic E-state index is 3.77. The van der Waals surface area contributed by atoms with Crippen LogP contribution in [-0.4, -0.2) is 36.6 Å². The Morgan fingerprint density at radius 1 is 1.50 bits per heavy atom. The number of hydrogen-bond donors (Lipinski definition) is 1. The summed E-state index contributed by atoms with van der Waals surface area (Å²) in [7, 11) is 0. The molecule has 0 radical (unpaired) electrons. The van der Waals surface area contributed by atoms with Gasteiger partial charge in [-0.3, -0.25) is 4.90 Å². The third kappa shape index (κ3) is 2.95. The van der Waals surface area contributed by atoms with E-state index in [0.717, 1.165) is 13.1 Å². The van der Waals surface area contributed by atoms with Crippen molar-refractivity contribution in [1.29, 1.82) is 0 Å². The summed E-state index contributed by atoms with van der Waals surface area (Å²) in [5.41, 5.74) is 0. The summed E-state index contributed by atoms with van der Waals surface area (Å²) in [6, 6.07) is 1.28. The first-order chi connectivity index (χ1) is 5.72. The molecule has 1 rings (SSSR count). The highest BCUT2D eigenvalue weighted by atomic mass is 15.2. The molecule has 0 aliphatic carbocycles. The molecule has 0 aromatic heterocycles. The average Bonchev–Trinajstić information content (AvgIpc) is 2.13. The lowest BCUT2D eigenvalue weighted by molar-refractivity contribution is 0.301. The van der Waals surface area contributed by atoms with Crippen LogP contribution < -0.4 is 5.32 Å². The Kier molecular flexibility index (Phi) is 3.76. The van der Waals surface area contributed by atoms with E-state index < -0.39 is 0 Å². The second-order valence-electron chi connectivity index (χ2n) is 3.81. The lowest BCUT2D eigenvalue weighted by Gasteiger charge is -2.20. The Balaban J connectivity index is 2.40. The Labute approximate surface area is 75.6 Å². The van der Waals surface area contributed by atoms with Crippen LogP contribution in [0.15, 0.2) is 12.7 Å². The van der Waals surface area contributed by atoms with Crippen LogP contribution in [0.2, 0.25) is 0 Å². The van der Waals surface area contributed by atoms with E-state index in [-0.39, 0.29) is 0 Å². The molecule has 0 aromatic carbocycles. The van der Waals surface area contributed by atoms with Gasteiger partial charge in [0.05, 0.1) is 0 Å². The standard InChI is InChI=1S/C10H20N2/c1-4-6-12-7-5-9(2)11-10(3)8-12/h4,9-11H,1,5-8H2,2-3H3. The normalized spacial score (nSPS) is 32.8. The van der Waals surface area contributed by atoms with Crippen molar-refractivity contribution in [3.63, 3.8) is 0 Å². The van der Waals surface area contributed by atoms with Gasteiger partial charge in [0.15, 0.2) is 0 Å². The van der Waals surface area contributed by atoms with Gasteiger partial charge in [-0.05, 0) is 26.8 Å². The summed E-state index contributed by atoms with van der Waals surface area (Å²) >= 11 is 0. The summed E-state index contributed by atoms with van der Waals surface area (Å²) in [5.74, 6) is 0. The van der Waals surface area contributed by atoms with Crippen molar-refractivity contribution < 1.29 is 0 Å². The molecule has 12 heavy (non-hydrogen) atoms. The highest BCUT2D eigenvalue weighted by Gasteiger charge is 2.16. The van der Waals surface area contributed by atoms with Crippen molar-refractivity contribution >= 4 is 0 Å². The SMILES string of the molecule is C=CCN1CCC(C)NC(C)C1. The molecule has 1 heterocycles. The zero-order valence-electron chi connectivity index (χ0n) is 8.21. The van der Waals surface area contributed by atoms with E-state index in [0.29, 0.717) is 12.1 Å². The molecule has 2 heteroatoms. The zero-order valence-corrected chi connectivity index (χ0v) is 8.21. The second-order valence-corrected chi connectivity index (χ2v) is 3.81. The predicted molar refractivity (Wildman–Crippen MR) is 53.3 cm³/mol. The van der Waals surface area contributed by atoms with Crippen molar-refractivity contribution in [2.24, 2.45) is 0 Å². The molecule has 1 N–H and O–H groups in total. The number of hydrogen-bond acceptors (Lipinski definition) is 2. The van der Waals surface area contributed by atoms with Crippen LogP contribution in [0, 0.1) is 0 Å². The van der Waals surface area contributed by atoms with Crippen LogP contribution in [-0.2, 0) is 0 Å². The molecular weight excluding hydrogens is 148 g/mol. The van der Waals surface area contributed by atoms with Crippen LogP contribution in [0.3, 0.4) is 0 Å². The van der Waals surface area contributed by atoms with Crippen molar-refractivity contribution in [3.8, 4) is 0 Å². The van der Waals surface area contributed by atoms with Crippen molar-refractivity contribution in [2.45, 2.75) is 32.4 Å². The van der Waals surface area contributed by atoms with Crippen molar-refractivity contribution in [2.75, 3.05) is 19.6 Å². The molecule has 2 unspecified atom stereocenters. The largest absolute Gasteiger partial charge is 0.310 e. The zero-order chi connectivity index (χ0) is 8.97. The van der Waals surface area contributed by atoms with Crippen LogP contribution in [0.5, 0.6) is 0 Å². The summed E-state index contributed by atoms with van der Waals surface area (Å²) < 4.78 is 0. The predicted octanol–water partition coefficient (Wildman–Crippen LogP) is 1.24. The van der Waals surface area contributed by atoms with Crippen molar-refractivity contribution in [3.05, 3.63) is 12.7 Å². The van der Waals surface area contributed by atoms with Crippen LogP contribution in [0.4, 0.5) is 0 Å². The highest BCUT2D eigenvalue weighted by molar-refractivity contribution is 4.81. The van der Waals surface area contributed by atoms with E-state index in [1.54, 1.807) is 0 Å². The molecular formula is C10H20N2. The molecule has 0 bridgehead atoms. The van der Waals surface area contributed by atoms with Gasteiger partial charge in [0.25, 0.3) is 0 Å². The van der Waals surface area contributed by atoms with Gasteiger partial charge in [-0.2, -0.15) is 0 Å². The Hall–Kier alpha value is -0.340. The molecule has 0 saturated carbocycles. The molecule has 2 atom stereocenters. The molecule has 1 aliphatic rings. The van der Waals surface area contributed by atoms with E-state index >= 15 is 0 Å². The van der Waals surface area contributed by atoms with Gasteiger partial charge in [0.1, 0.15) is 0 Å². The quantitative estimate of drug-likeness (QED) is 0.624. The number of rotatable bonds is 2. The smallest absolute Gasteiger partial charge is 0.0169 e. The molecule has 0 spiro atoms. The first kappa shape index (κ1) is 9.75. The maximum Gasteiger partial charge on any atom is 0.0169 e. The van der Waals surface area contributed by atoms with E-state index in [4.69, 9.17) is 0 Å². The third-order valence-electron chi connectivity index (χ3n) is 2.37. The molecule has 0 aromatic rings. The first-order valence-corrected chi connectivity index (χ1v) is 4.81. The van der Waals surface area contributed by atoms with E-state index in [1.165, 1.54) is 13.0 Å². The third-order valence-corrected chi connectivity index (χ3v) is 2.37. The van der Waals surface area contributed by atoms with Crippen LogP contribution >= 0.6 is 0 Å². The minimum absolute atomic E-state index is 0.613. The van der Waals surface area contributed by atoms with Crippen LogP contribution in [0.1, 0.15) is 20.3 Å². The fraction of sp³-hybridized carbons (Fsp3) is 0.800. The van der Waals surface area contributed by atoms with Gasteiger partial charge in [-0.1, -0.05) is 6.08 Å². The molecule has 1 saturated heterocycles. The van der Waals surface area contributed by atoms with E-state index in [9.17, 15) is 0 Å². The molecule has 1 fully saturated rings. The summed E-state index contributed by atoms with van der Waals surface area (Å²) in [4.78, 5) is 2.45. The molecule has 70 valence electrons. The van der Waals surface area contributed by atoms with Gasteiger partial charge in [-0.25, -0.2) is 0 Å². The summed E-state index contributed by atoms with van der Waals surface area (Å²) in [6.45, 7) is 11.6. The Morgan fingerprint density at radius 2 is 2.25 bits per heavy atom. The van der Waals surface area contributed by atoms with Gasteiger partial charge in [-0.15, -0.1) is 6.58 Å². The average molecular weight is 168 g/mol. The van der Waals surface area contributed by atoms with Gasteiger partial charge in [0.2, 0.25) is 0 Å². The number of nitrogens with zero attached hydrogens (tertiary/aromatic N) is 1. The topological polar surface area (TPSA) is 15.3 Å². The van der Waals surface area contributed by atoms with Crippen LogP contribution in [0.25, 0.3) is 0 Å². The van der Waals surface area contributed by atoms with E-state index in [1.807, 2.05) is 6.08 Å². The summed E-state index contributed by atoms with van der Waals surface area (Å²) in [6.07, 6.45) is 3.24. The fourth-order valence-electron chi connectivity index (χ4n) is 1.82. The highest BCUT2D eigenvalue weighted by Crippen LogP contribution is 2.04. The van der Waals surface area contributed by atoms with Gasteiger partial charge >= 0.3 is 0 Å². The van der Waals surface area contributed by atoms with Gasteiger partial charge in [0, 0.05) is 25.2 Å². The monoisotopic (exact) mass is 168 g/mol. The Bertz CT molecular complexity index is 145. The lowest BCUT2D eigenvalue weighted by atomic mass is 10.2. The maximum absolute atomic E-state index is 3.77. The van der Waals surface area contributed by atoms with Crippen molar-refractivity contribution in [1.82, 2.24) is 10.2 Å². The van der Waals surface area contributed by atoms with E-state index in [2.05, 4.69) is 30.6 Å². The Morgan fingerprint density at radius 3 is 2.92 bits per heavy atom. The second kappa shape index (κ2) is 4.63. The van der Waals surface area contributed by atoms with Gasteiger partial charge < -0.3 is 5.32 Å². The molecule has 0 amide bonds. The minimum Gasteiger partial charge on any atom is -0.310 e. The molecule has 1 aliphatic heterocycles.